The Kier molecular flexibility index (Phi) is 3.02. The van der Waals surface area contributed by atoms with Crippen molar-refractivity contribution in [1.29, 1.82) is 0 Å². The van der Waals surface area contributed by atoms with Gasteiger partial charge in [-0.05, 0) is 55.5 Å². The van der Waals surface area contributed by atoms with Crippen LogP contribution < -0.4 is 0 Å². The highest BCUT2D eigenvalue weighted by molar-refractivity contribution is 5.98. The van der Waals surface area contributed by atoms with E-state index >= 15 is 0 Å². The topological polar surface area (TPSA) is 22.0 Å². The third kappa shape index (κ3) is 2.01. The zero-order valence-electron chi connectivity index (χ0n) is 11.6. The number of ketones is 1. The Labute approximate surface area is 114 Å². The molecule has 1 aromatic heterocycles. The summed E-state index contributed by atoms with van der Waals surface area (Å²) in [6.45, 7) is 4.33. The molecule has 2 heteroatoms. The molecule has 0 atom stereocenters. The van der Waals surface area contributed by atoms with Gasteiger partial charge in [-0.1, -0.05) is 13.0 Å². The molecule has 0 radical (unpaired) electrons. The Morgan fingerprint density at radius 2 is 2.05 bits per heavy atom. The average molecular weight is 253 g/mol. The lowest BCUT2D eigenvalue weighted by atomic mass is 9.96. The summed E-state index contributed by atoms with van der Waals surface area (Å²) in [4.78, 5) is 11.9. The maximum absolute atomic E-state index is 11.9. The van der Waals surface area contributed by atoms with Gasteiger partial charge in [0, 0.05) is 29.6 Å². The lowest BCUT2D eigenvalue weighted by Gasteiger charge is -2.16. The molecule has 0 saturated heterocycles. The molecule has 0 N–H and O–H groups in total. The van der Waals surface area contributed by atoms with Gasteiger partial charge in [0.05, 0.1) is 0 Å². The first-order chi connectivity index (χ1) is 9.20. The van der Waals surface area contributed by atoms with Gasteiger partial charge in [0.15, 0.2) is 5.78 Å². The fraction of sp³-hybridized carbons (Fsp3) is 0.353. The normalized spacial score (nSPS) is 14.5. The number of benzene rings is 1. The average Bonchev–Trinajstić information content (AvgIpc) is 2.84. The summed E-state index contributed by atoms with van der Waals surface area (Å²) in [6.07, 6.45) is 5.78. The van der Waals surface area contributed by atoms with Crippen LogP contribution in [0.25, 0.3) is 5.69 Å². The molecule has 98 valence electrons. The van der Waals surface area contributed by atoms with E-state index in [2.05, 4.69) is 36.6 Å². The summed E-state index contributed by atoms with van der Waals surface area (Å²) in [5, 5.41) is 0. The first-order valence-electron chi connectivity index (χ1n) is 7.04. The van der Waals surface area contributed by atoms with E-state index in [0.717, 1.165) is 24.8 Å². The number of hydrogen-bond acceptors (Lipinski definition) is 1. The van der Waals surface area contributed by atoms with Gasteiger partial charge in [-0.2, -0.15) is 0 Å². The van der Waals surface area contributed by atoms with Gasteiger partial charge in [-0.3, -0.25) is 4.79 Å². The van der Waals surface area contributed by atoms with Crippen molar-refractivity contribution in [3.63, 3.8) is 0 Å². The van der Waals surface area contributed by atoms with Crippen molar-refractivity contribution in [3.8, 4) is 5.69 Å². The van der Waals surface area contributed by atoms with Crippen LogP contribution in [0.3, 0.4) is 0 Å². The van der Waals surface area contributed by atoms with E-state index in [1.165, 1.54) is 22.5 Å². The van der Waals surface area contributed by atoms with Crippen molar-refractivity contribution in [1.82, 2.24) is 4.57 Å². The van der Waals surface area contributed by atoms with Crippen molar-refractivity contribution in [2.24, 2.45) is 0 Å². The minimum Gasteiger partial charge on any atom is -0.320 e. The second kappa shape index (κ2) is 4.69. The van der Waals surface area contributed by atoms with Crippen molar-refractivity contribution >= 4 is 5.78 Å². The second-order valence-corrected chi connectivity index (χ2v) is 5.29. The molecule has 2 nitrogen and oxygen atoms in total. The molecule has 1 aliphatic carbocycles. The Bertz CT molecular complexity index is 637. The van der Waals surface area contributed by atoms with E-state index in [1.54, 1.807) is 0 Å². The molecule has 2 aromatic rings. The standard InChI is InChI=1S/C17H19NO/c1-3-13-7-8-14(11-12(13)2)18-10-9-15-16(18)5-4-6-17(15)19/h7-11H,3-6H2,1-2H3. The number of aryl methyl sites for hydroxylation is 2. The minimum atomic E-state index is 0.293. The zero-order valence-corrected chi connectivity index (χ0v) is 11.6. The van der Waals surface area contributed by atoms with E-state index in [1.807, 2.05) is 12.3 Å². The zero-order chi connectivity index (χ0) is 13.4. The second-order valence-electron chi connectivity index (χ2n) is 5.29. The van der Waals surface area contributed by atoms with Gasteiger partial charge in [-0.15, -0.1) is 0 Å². The summed E-state index contributed by atoms with van der Waals surface area (Å²) in [5.74, 6) is 0.293. The van der Waals surface area contributed by atoms with Crippen molar-refractivity contribution in [2.45, 2.75) is 39.5 Å². The van der Waals surface area contributed by atoms with Crippen LogP contribution in [0.4, 0.5) is 0 Å². The highest BCUT2D eigenvalue weighted by Crippen LogP contribution is 2.26. The third-order valence-electron chi connectivity index (χ3n) is 4.10. The molecule has 0 aliphatic heterocycles. The maximum atomic E-state index is 11.9. The van der Waals surface area contributed by atoms with Crippen molar-refractivity contribution < 1.29 is 4.79 Å². The highest BCUT2D eigenvalue weighted by Gasteiger charge is 2.21. The molecule has 0 spiro atoms. The van der Waals surface area contributed by atoms with Crippen LogP contribution in [-0.2, 0) is 12.8 Å². The number of fused-ring (bicyclic) bond motifs is 1. The number of rotatable bonds is 2. The van der Waals surface area contributed by atoms with Gasteiger partial charge in [0.25, 0.3) is 0 Å². The SMILES string of the molecule is CCc1ccc(-n2ccc3c2CCCC3=O)cc1C. The largest absolute Gasteiger partial charge is 0.320 e. The molecular weight excluding hydrogens is 234 g/mol. The fourth-order valence-electron chi connectivity index (χ4n) is 2.99. The number of carbonyl (C=O) groups is 1. The lowest BCUT2D eigenvalue weighted by molar-refractivity contribution is 0.0972. The van der Waals surface area contributed by atoms with Crippen LogP contribution in [-0.4, -0.2) is 10.4 Å². The van der Waals surface area contributed by atoms with Crippen LogP contribution in [0.2, 0.25) is 0 Å². The summed E-state index contributed by atoms with van der Waals surface area (Å²) in [5.41, 5.74) is 5.99. The maximum Gasteiger partial charge on any atom is 0.164 e. The fourth-order valence-corrected chi connectivity index (χ4v) is 2.99. The van der Waals surface area contributed by atoms with Crippen LogP contribution >= 0.6 is 0 Å². The van der Waals surface area contributed by atoms with Crippen LogP contribution in [0.5, 0.6) is 0 Å². The van der Waals surface area contributed by atoms with E-state index in [4.69, 9.17) is 0 Å². The molecule has 0 bridgehead atoms. The van der Waals surface area contributed by atoms with Gasteiger partial charge in [0.2, 0.25) is 0 Å². The van der Waals surface area contributed by atoms with E-state index in [-0.39, 0.29) is 0 Å². The number of carbonyl (C=O) groups excluding carboxylic acids is 1. The molecule has 0 saturated carbocycles. The number of nitrogens with zero attached hydrogens (tertiary/aromatic N) is 1. The van der Waals surface area contributed by atoms with E-state index in [0.29, 0.717) is 12.2 Å². The first-order valence-corrected chi connectivity index (χ1v) is 7.04. The Morgan fingerprint density at radius 1 is 1.21 bits per heavy atom. The quantitative estimate of drug-likeness (QED) is 0.796. The summed E-state index contributed by atoms with van der Waals surface area (Å²) in [7, 11) is 0. The van der Waals surface area contributed by atoms with Gasteiger partial charge < -0.3 is 4.57 Å². The monoisotopic (exact) mass is 253 g/mol. The van der Waals surface area contributed by atoms with Crippen LogP contribution in [0, 0.1) is 6.92 Å². The first kappa shape index (κ1) is 12.2. The number of hydrogen-bond donors (Lipinski definition) is 0. The molecule has 1 aromatic carbocycles. The van der Waals surface area contributed by atoms with E-state index in [9.17, 15) is 4.79 Å². The molecule has 1 heterocycles. The van der Waals surface area contributed by atoms with Gasteiger partial charge in [0.1, 0.15) is 0 Å². The Hall–Kier alpha value is -1.83. The number of Topliss-reactive ketones (excluding diaryl/α,β-unsaturated/α-hetero) is 1. The number of aromatic nitrogens is 1. The van der Waals surface area contributed by atoms with Crippen molar-refractivity contribution in [3.05, 3.63) is 52.8 Å². The van der Waals surface area contributed by atoms with Gasteiger partial charge >= 0.3 is 0 Å². The predicted molar refractivity (Wildman–Crippen MR) is 77.2 cm³/mol. The lowest BCUT2D eigenvalue weighted by Crippen LogP contribution is -2.12. The van der Waals surface area contributed by atoms with Gasteiger partial charge in [-0.25, -0.2) is 0 Å². The molecule has 3 rings (SSSR count). The van der Waals surface area contributed by atoms with Crippen LogP contribution in [0.15, 0.2) is 30.5 Å². The summed E-state index contributed by atoms with van der Waals surface area (Å²) in [6, 6.07) is 8.55. The molecular formula is C17H19NO. The van der Waals surface area contributed by atoms with E-state index < -0.39 is 0 Å². The molecule has 1 aliphatic rings. The summed E-state index contributed by atoms with van der Waals surface area (Å²) < 4.78 is 2.18. The summed E-state index contributed by atoms with van der Waals surface area (Å²) >= 11 is 0. The molecule has 0 fully saturated rings. The molecule has 19 heavy (non-hydrogen) atoms. The molecule has 0 amide bonds. The Morgan fingerprint density at radius 3 is 2.79 bits per heavy atom. The third-order valence-corrected chi connectivity index (χ3v) is 4.10. The van der Waals surface area contributed by atoms with Crippen LogP contribution in [0.1, 0.15) is 46.9 Å². The highest BCUT2D eigenvalue weighted by atomic mass is 16.1. The molecule has 0 unspecified atom stereocenters. The Balaban J connectivity index is 2.08. The minimum absolute atomic E-state index is 0.293. The van der Waals surface area contributed by atoms with Crippen molar-refractivity contribution in [2.75, 3.05) is 0 Å². The smallest absolute Gasteiger partial charge is 0.164 e. The predicted octanol–water partition coefficient (Wildman–Crippen LogP) is 3.87.